The van der Waals surface area contributed by atoms with Gasteiger partial charge in [0, 0.05) is 30.6 Å². The zero-order chi connectivity index (χ0) is 13.2. The molecule has 1 atom stereocenters. The van der Waals surface area contributed by atoms with Crippen LogP contribution in [0.3, 0.4) is 0 Å². The third-order valence-corrected chi connectivity index (χ3v) is 4.05. The van der Waals surface area contributed by atoms with Crippen molar-refractivity contribution in [2.75, 3.05) is 23.9 Å². The Labute approximate surface area is 117 Å². The Kier molecular flexibility index (Phi) is 3.47. The van der Waals surface area contributed by atoms with Gasteiger partial charge in [0.1, 0.15) is 11.6 Å². The van der Waals surface area contributed by atoms with Gasteiger partial charge in [0.15, 0.2) is 0 Å². The van der Waals surface area contributed by atoms with E-state index in [-0.39, 0.29) is 0 Å². The molecule has 1 unspecified atom stereocenters. The van der Waals surface area contributed by atoms with E-state index in [9.17, 15) is 5.11 Å². The standard InChI is InChI=1S/C15H17ClN2O/c16-6-3-11-5-8-18(10-11)15-14-9-13(19)2-1-12(14)4-7-17-15/h1-2,4,7,9,11,19H,3,5-6,8,10H2. The summed E-state index contributed by atoms with van der Waals surface area (Å²) < 4.78 is 0. The summed E-state index contributed by atoms with van der Waals surface area (Å²) in [4.78, 5) is 6.81. The molecule has 1 aromatic heterocycles. The number of hydrogen-bond acceptors (Lipinski definition) is 3. The molecule has 0 spiro atoms. The maximum absolute atomic E-state index is 9.67. The summed E-state index contributed by atoms with van der Waals surface area (Å²) in [6.45, 7) is 2.03. The molecule has 0 saturated carbocycles. The van der Waals surface area contributed by atoms with Crippen molar-refractivity contribution >= 4 is 28.2 Å². The highest BCUT2D eigenvalue weighted by Gasteiger charge is 2.24. The number of phenolic OH excluding ortho intramolecular Hbond substituents is 1. The molecule has 3 rings (SSSR count). The van der Waals surface area contributed by atoms with Crippen molar-refractivity contribution in [2.45, 2.75) is 12.8 Å². The van der Waals surface area contributed by atoms with Gasteiger partial charge in [0.05, 0.1) is 0 Å². The number of anilines is 1. The quantitative estimate of drug-likeness (QED) is 0.873. The molecular weight excluding hydrogens is 260 g/mol. The molecule has 2 aromatic rings. The minimum Gasteiger partial charge on any atom is -0.508 e. The van der Waals surface area contributed by atoms with Gasteiger partial charge in [0.25, 0.3) is 0 Å². The molecule has 0 bridgehead atoms. The van der Waals surface area contributed by atoms with E-state index in [4.69, 9.17) is 11.6 Å². The molecule has 1 aromatic carbocycles. The van der Waals surface area contributed by atoms with Gasteiger partial charge in [0.2, 0.25) is 0 Å². The number of hydrogen-bond donors (Lipinski definition) is 1. The Morgan fingerprint density at radius 1 is 1.37 bits per heavy atom. The van der Waals surface area contributed by atoms with Crippen LogP contribution in [0.2, 0.25) is 0 Å². The number of nitrogens with zero attached hydrogens (tertiary/aromatic N) is 2. The van der Waals surface area contributed by atoms with Crippen LogP contribution in [0.1, 0.15) is 12.8 Å². The van der Waals surface area contributed by atoms with E-state index >= 15 is 0 Å². The monoisotopic (exact) mass is 276 g/mol. The summed E-state index contributed by atoms with van der Waals surface area (Å²) in [6.07, 6.45) is 4.07. The fraction of sp³-hybridized carbons (Fsp3) is 0.400. The van der Waals surface area contributed by atoms with E-state index in [2.05, 4.69) is 9.88 Å². The van der Waals surface area contributed by atoms with Crippen LogP contribution in [-0.4, -0.2) is 29.1 Å². The highest BCUT2D eigenvalue weighted by molar-refractivity contribution is 6.17. The number of benzene rings is 1. The molecule has 100 valence electrons. The maximum atomic E-state index is 9.67. The summed E-state index contributed by atoms with van der Waals surface area (Å²) >= 11 is 5.82. The Balaban J connectivity index is 1.95. The molecule has 1 N–H and O–H groups in total. The first-order valence-electron chi connectivity index (χ1n) is 6.66. The van der Waals surface area contributed by atoms with Crippen molar-refractivity contribution in [1.82, 2.24) is 4.98 Å². The summed E-state index contributed by atoms with van der Waals surface area (Å²) in [5.74, 6) is 2.65. The SMILES string of the molecule is Oc1ccc2ccnc(N3CCC(CCCl)C3)c2c1. The lowest BCUT2D eigenvalue weighted by molar-refractivity contribution is 0.476. The fourth-order valence-corrected chi connectivity index (χ4v) is 3.12. The molecule has 0 radical (unpaired) electrons. The largest absolute Gasteiger partial charge is 0.508 e. The van der Waals surface area contributed by atoms with Crippen LogP contribution in [0.5, 0.6) is 5.75 Å². The van der Waals surface area contributed by atoms with Gasteiger partial charge in [-0.1, -0.05) is 6.07 Å². The fourth-order valence-electron chi connectivity index (χ4n) is 2.81. The molecule has 0 amide bonds. The van der Waals surface area contributed by atoms with Crippen molar-refractivity contribution in [1.29, 1.82) is 0 Å². The molecule has 0 aliphatic carbocycles. The van der Waals surface area contributed by atoms with E-state index in [0.29, 0.717) is 11.7 Å². The van der Waals surface area contributed by atoms with Gasteiger partial charge < -0.3 is 10.0 Å². The third kappa shape index (κ3) is 2.47. The average molecular weight is 277 g/mol. The Morgan fingerprint density at radius 3 is 3.11 bits per heavy atom. The molecule has 4 heteroatoms. The molecule has 1 saturated heterocycles. The maximum Gasteiger partial charge on any atom is 0.136 e. The number of rotatable bonds is 3. The highest BCUT2D eigenvalue weighted by atomic mass is 35.5. The van der Waals surface area contributed by atoms with E-state index < -0.39 is 0 Å². The van der Waals surface area contributed by atoms with E-state index in [0.717, 1.165) is 42.0 Å². The molecule has 3 nitrogen and oxygen atoms in total. The predicted octanol–water partition coefficient (Wildman–Crippen LogP) is 3.40. The lowest BCUT2D eigenvalue weighted by Gasteiger charge is -2.19. The number of phenols is 1. The van der Waals surface area contributed by atoms with Crippen LogP contribution in [0.25, 0.3) is 10.8 Å². The van der Waals surface area contributed by atoms with Gasteiger partial charge in [-0.15, -0.1) is 11.6 Å². The third-order valence-electron chi connectivity index (χ3n) is 3.83. The lowest BCUT2D eigenvalue weighted by Crippen LogP contribution is -2.21. The van der Waals surface area contributed by atoms with Gasteiger partial charge >= 0.3 is 0 Å². The number of fused-ring (bicyclic) bond motifs is 1. The number of aromatic hydroxyl groups is 1. The van der Waals surface area contributed by atoms with Crippen LogP contribution in [0, 0.1) is 5.92 Å². The first-order valence-corrected chi connectivity index (χ1v) is 7.20. The summed E-state index contributed by atoms with van der Waals surface area (Å²) in [7, 11) is 0. The van der Waals surface area contributed by atoms with Crippen LogP contribution in [-0.2, 0) is 0 Å². The predicted molar refractivity (Wildman–Crippen MR) is 79.1 cm³/mol. The van der Waals surface area contributed by atoms with Crippen LogP contribution in [0.4, 0.5) is 5.82 Å². The number of alkyl halides is 1. The molecule has 19 heavy (non-hydrogen) atoms. The second-order valence-corrected chi connectivity index (χ2v) is 5.50. The lowest BCUT2D eigenvalue weighted by atomic mass is 10.1. The second kappa shape index (κ2) is 5.25. The van der Waals surface area contributed by atoms with Crippen molar-refractivity contribution in [3.63, 3.8) is 0 Å². The zero-order valence-electron chi connectivity index (χ0n) is 10.7. The molecule has 1 aliphatic rings. The van der Waals surface area contributed by atoms with Gasteiger partial charge in [-0.2, -0.15) is 0 Å². The van der Waals surface area contributed by atoms with Gasteiger partial charge in [-0.3, -0.25) is 0 Å². The zero-order valence-corrected chi connectivity index (χ0v) is 11.5. The summed E-state index contributed by atoms with van der Waals surface area (Å²) in [5, 5.41) is 11.8. The van der Waals surface area contributed by atoms with Crippen molar-refractivity contribution < 1.29 is 5.11 Å². The van der Waals surface area contributed by atoms with Gasteiger partial charge in [-0.05, 0) is 42.3 Å². The summed E-state index contributed by atoms with van der Waals surface area (Å²) in [5.41, 5.74) is 0. The highest BCUT2D eigenvalue weighted by Crippen LogP contribution is 2.31. The van der Waals surface area contributed by atoms with Crippen molar-refractivity contribution in [3.05, 3.63) is 30.5 Å². The first kappa shape index (κ1) is 12.5. The molecule has 1 aliphatic heterocycles. The molecule has 1 fully saturated rings. The minimum absolute atomic E-state index is 0.290. The van der Waals surface area contributed by atoms with E-state index in [1.54, 1.807) is 12.1 Å². The topological polar surface area (TPSA) is 36.4 Å². The summed E-state index contributed by atoms with van der Waals surface area (Å²) in [6, 6.07) is 7.42. The molecular formula is C15H17ClN2O. The number of aromatic nitrogens is 1. The van der Waals surface area contributed by atoms with Crippen LogP contribution >= 0.6 is 11.6 Å². The second-order valence-electron chi connectivity index (χ2n) is 5.12. The van der Waals surface area contributed by atoms with Crippen LogP contribution < -0.4 is 4.90 Å². The minimum atomic E-state index is 0.290. The van der Waals surface area contributed by atoms with Crippen molar-refractivity contribution in [2.24, 2.45) is 5.92 Å². The molecule has 2 heterocycles. The van der Waals surface area contributed by atoms with Crippen LogP contribution in [0.15, 0.2) is 30.5 Å². The van der Waals surface area contributed by atoms with E-state index in [1.807, 2.05) is 18.3 Å². The van der Waals surface area contributed by atoms with Gasteiger partial charge in [-0.25, -0.2) is 4.98 Å². The van der Waals surface area contributed by atoms with E-state index in [1.165, 1.54) is 6.42 Å². The number of halogens is 1. The Morgan fingerprint density at radius 2 is 2.26 bits per heavy atom. The Bertz CT molecular complexity index is 587. The average Bonchev–Trinajstić information content (AvgIpc) is 2.87. The Hall–Kier alpha value is -1.48. The van der Waals surface area contributed by atoms with Crippen molar-refractivity contribution in [3.8, 4) is 5.75 Å². The first-order chi connectivity index (χ1) is 9.28. The normalized spacial score (nSPS) is 19.2. The number of pyridine rings is 1. The smallest absolute Gasteiger partial charge is 0.136 e.